The Bertz CT molecular complexity index is 5480. The van der Waals surface area contributed by atoms with Gasteiger partial charge in [-0.15, -0.1) is 0 Å². The first-order valence-electron chi connectivity index (χ1n) is 37.2. The Morgan fingerprint density at radius 2 is 0.910 bits per heavy atom. The molecular formula is C79H98Cl3N19O7S3. The lowest BCUT2D eigenvalue weighted by Gasteiger charge is -2.35. The molecule has 111 heavy (non-hydrogen) atoms. The number of halogens is 3. The summed E-state index contributed by atoms with van der Waals surface area (Å²) in [7, 11) is -8.74. The third kappa shape index (κ3) is 20.6. The van der Waals surface area contributed by atoms with Crippen molar-refractivity contribution in [3.63, 3.8) is 0 Å². The van der Waals surface area contributed by atoms with Crippen LogP contribution in [0.3, 0.4) is 0 Å². The molecule has 590 valence electrons. The van der Waals surface area contributed by atoms with Gasteiger partial charge < -0.3 is 46.2 Å². The molecule has 0 bridgehead atoms. The maximum absolute atomic E-state index is 13.9. The quantitative estimate of drug-likeness (QED) is 0.0310. The fourth-order valence-electron chi connectivity index (χ4n) is 14.3. The van der Waals surface area contributed by atoms with Crippen molar-refractivity contribution in [3.05, 3.63) is 199 Å². The summed E-state index contributed by atoms with van der Waals surface area (Å²) in [5, 5.41) is 22.3. The van der Waals surface area contributed by atoms with E-state index in [4.69, 9.17) is 76.5 Å². The van der Waals surface area contributed by atoms with Crippen LogP contribution in [-0.4, -0.2) is 162 Å². The van der Waals surface area contributed by atoms with Gasteiger partial charge in [0.1, 0.15) is 11.6 Å². The summed E-state index contributed by atoms with van der Waals surface area (Å²) in [5.41, 5.74) is 24.5. The lowest BCUT2D eigenvalue weighted by atomic mass is 9.98. The molecule has 3 amide bonds. The van der Waals surface area contributed by atoms with Crippen molar-refractivity contribution in [2.24, 2.45) is 16.9 Å². The molecule has 3 saturated heterocycles. The molecule has 32 heteroatoms. The van der Waals surface area contributed by atoms with Gasteiger partial charge in [0.05, 0.1) is 75.2 Å². The summed E-state index contributed by atoms with van der Waals surface area (Å²) >= 11 is 18.7. The van der Waals surface area contributed by atoms with E-state index in [0.29, 0.717) is 87.0 Å². The molecule has 10 aromatic rings. The van der Waals surface area contributed by atoms with Crippen LogP contribution in [0.4, 0.5) is 28.7 Å². The number of hydrogen-bond donors (Lipinski definition) is 7. The number of amides is 3. The zero-order chi connectivity index (χ0) is 79.4. The number of nitrogens with one attached hydrogen (secondary N) is 5. The van der Waals surface area contributed by atoms with Crippen LogP contribution in [-0.2, 0) is 35.9 Å². The molecular weight excluding hydrogens is 1530 g/mol. The van der Waals surface area contributed by atoms with Crippen LogP contribution in [0.1, 0.15) is 191 Å². The number of carbonyl (C=O) groups is 3. The number of nitrogens with zero attached hydrogens (tertiary/aromatic N) is 12. The number of hydrogen-bond acceptors (Lipinski definition) is 17. The molecule has 0 radical (unpaired) electrons. The minimum Gasteiger partial charge on any atom is -0.368 e. The van der Waals surface area contributed by atoms with Gasteiger partial charge in [0.25, 0.3) is 17.7 Å². The largest absolute Gasteiger partial charge is 0.368 e. The molecule has 4 unspecified atom stereocenters. The summed E-state index contributed by atoms with van der Waals surface area (Å²) in [6.45, 7) is 13.2. The van der Waals surface area contributed by atoms with Crippen LogP contribution in [0.2, 0.25) is 15.1 Å². The number of sulfonamides is 1. The lowest BCUT2D eigenvalue weighted by molar-refractivity contribution is 0.0600. The fourth-order valence-corrected chi connectivity index (χ4v) is 16.7. The van der Waals surface area contributed by atoms with Crippen LogP contribution < -0.4 is 36.3 Å². The number of aromatic nitrogens is 9. The number of nitrogens with two attached hydrogens (primary N) is 2. The second-order valence-electron chi connectivity index (χ2n) is 30.3. The van der Waals surface area contributed by atoms with Crippen LogP contribution in [0.25, 0.3) is 16.9 Å². The number of anilines is 5. The van der Waals surface area contributed by atoms with E-state index < -0.39 is 29.4 Å². The SMILES string of the molecule is C=S(C)(=O)Nc1ccc(Cl)cc1C(=O)N1CCCC[C@H]1c1cc2nc(NCC(C)N)c(C)cn2n1.C=S(C)(=O)Nc1ccc(Cl)cc1C(=O)N1CCCC[C@H]1c1cc2nc(NCC(N)c3ccccc3)c(C)cn2n1.Cc1cn2nc([C@@H]3CCCCN3C(=O)c3cc(Cl)ccc3NS(C)(=O)=O)cc2nc1CCC1(C)CC1. The van der Waals surface area contributed by atoms with Crippen molar-refractivity contribution in [1.29, 1.82) is 0 Å². The Labute approximate surface area is 664 Å². The van der Waals surface area contributed by atoms with E-state index in [-0.39, 0.29) is 59.2 Å². The number of carbonyl (C=O) groups excluding carboxylic acids is 3. The Kier molecular flexibility index (Phi) is 25.0. The van der Waals surface area contributed by atoms with Gasteiger partial charge in [-0.3, -0.25) is 19.1 Å². The van der Waals surface area contributed by atoms with Gasteiger partial charge in [-0.05, 0) is 194 Å². The predicted molar refractivity (Wildman–Crippen MR) is 448 cm³/mol. The molecule has 14 rings (SSSR count). The van der Waals surface area contributed by atoms with E-state index in [2.05, 4.69) is 50.4 Å². The van der Waals surface area contributed by atoms with Gasteiger partial charge in [-0.2, -0.15) is 15.3 Å². The molecule has 3 aliphatic heterocycles. The third-order valence-electron chi connectivity index (χ3n) is 20.3. The molecule has 6 aromatic heterocycles. The summed E-state index contributed by atoms with van der Waals surface area (Å²) in [5.74, 6) is 8.17. The molecule has 26 nitrogen and oxygen atoms in total. The Morgan fingerprint density at radius 3 is 1.29 bits per heavy atom. The number of fused-ring (bicyclic) bond motifs is 3. The number of aryl methyl sites for hydroxylation is 4. The zero-order valence-corrected chi connectivity index (χ0v) is 68.5. The second-order valence-corrected chi connectivity index (χ2v) is 37.8. The smallest absolute Gasteiger partial charge is 0.256 e. The van der Waals surface area contributed by atoms with Crippen LogP contribution in [0.5, 0.6) is 0 Å². The number of benzene rings is 4. The standard InChI is InChI=1S/C29H34ClN7O2S.C26H32ClN5O3S.C24H32ClN7O2S/c1-19-18-37-27(33-28(19)32-17-23(31)20-9-5-4-6-10-20)16-25(34-37)26-11-7-8-14-36(26)29(38)22-15-21(30)12-13-24(22)35-40(2,3)39;1-17-16-32-24(28-20(17)9-10-26(2)11-12-26)15-22(29-32)23-6-4-5-13-31(23)25(33)19-14-18(27)7-8-21(19)30-36(3,34)35;1-15-14-32-22(28-23(15)27-13-16(2)26)12-20(29-32)21-7-5-6-10-31(21)24(33)18-11-17(25)8-9-19(18)30-35(3,4)34/h4-6,9-10,12-13,15-16,18,23,26H,2,7-8,11,14,17,31H2,1,3H3,(H,32,33)(H,35,39);7-8,14-16,23,30H,4-6,9-13H2,1-3H3;8-9,11-12,14,16,21H,3,5-7,10,13,26H2,1-2,4H3,(H,27,28)(H,30,34)/t23?,26-,40?;23-;16?,21-,35?/m000/s1. The van der Waals surface area contributed by atoms with Crippen LogP contribution >= 0.6 is 34.8 Å². The normalized spacial score (nSPS) is 18.6. The third-order valence-corrected chi connectivity index (χ3v) is 22.9. The number of piperidine rings is 3. The summed E-state index contributed by atoms with van der Waals surface area (Å²) in [4.78, 5) is 61.3. The minimum atomic E-state index is -3.57. The highest BCUT2D eigenvalue weighted by molar-refractivity contribution is 8.01. The number of likely N-dealkylation sites (tertiary alicyclic amines) is 3. The Hall–Kier alpha value is -9.07. The van der Waals surface area contributed by atoms with Crippen LogP contribution in [0.15, 0.2) is 122 Å². The Morgan fingerprint density at radius 1 is 0.532 bits per heavy atom. The first-order valence-corrected chi connectivity index (χ1v) is 44.5. The highest BCUT2D eigenvalue weighted by Crippen LogP contribution is 2.49. The minimum absolute atomic E-state index is 0.00477. The van der Waals surface area contributed by atoms with Crippen molar-refractivity contribution in [3.8, 4) is 0 Å². The van der Waals surface area contributed by atoms with Gasteiger partial charge in [0, 0.05) is 145 Å². The Balaban J connectivity index is 0.000000155. The van der Waals surface area contributed by atoms with E-state index in [1.54, 1.807) is 60.9 Å². The molecule has 0 spiro atoms. The maximum atomic E-state index is 13.9. The van der Waals surface area contributed by atoms with Crippen molar-refractivity contribution in [2.75, 3.05) is 76.3 Å². The maximum Gasteiger partial charge on any atom is 0.256 e. The molecule has 7 atom stereocenters. The van der Waals surface area contributed by atoms with Crippen molar-refractivity contribution in [2.45, 2.75) is 148 Å². The molecule has 4 aliphatic rings. The molecule has 1 aliphatic carbocycles. The highest BCUT2D eigenvalue weighted by atomic mass is 35.5. The van der Waals surface area contributed by atoms with Crippen LogP contribution in [0, 0.1) is 26.2 Å². The van der Waals surface area contributed by atoms with E-state index in [1.165, 1.54) is 37.5 Å². The second kappa shape index (κ2) is 34.1. The van der Waals surface area contributed by atoms with Gasteiger partial charge in [0.15, 0.2) is 16.9 Å². The topological polar surface area (TPSA) is 332 Å². The van der Waals surface area contributed by atoms with Crippen molar-refractivity contribution in [1.82, 2.24) is 58.5 Å². The summed E-state index contributed by atoms with van der Waals surface area (Å²) < 4.78 is 62.0. The summed E-state index contributed by atoms with van der Waals surface area (Å²) in [6, 6.07) is 29.4. The first-order chi connectivity index (χ1) is 52.6. The molecule has 4 fully saturated rings. The highest BCUT2D eigenvalue weighted by Gasteiger charge is 2.38. The average molecular weight is 1630 g/mol. The first kappa shape index (κ1) is 81.4. The predicted octanol–water partition coefficient (Wildman–Crippen LogP) is 13.5. The van der Waals surface area contributed by atoms with Gasteiger partial charge in [-0.25, -0.2) is 45.3 Å². The van der Waals surface area contributed by atoms with Gasteiger partial charge in [-0.1, -0.05) is 72.1 Å². The number of rotatable bonds is 22. The fraction of sp³-hybridized carbons (Fsp3) is 0.405. The van der Waals surface area contributed by atoms with E-state index in [9.17, 15) is 31.2 Å². The van der Waals surface area contributed by atoms with Gasteiger partial charge in [0.2, 0.25) is 10.0 Å². The molecule has 9 N–H and O–H groups in total. The van der Waals surface area contributed by atoms with E-state index in [0.717, 1.165) is 139 Å². The molecule has 4 aromatic carbocycles. The molecule has 9 heterocycles. The van der Waals surface area contributed by atoms with Crippen molar-refractivity contribution >= 4 is 139 Å². The zero-order valence-electron chi connectivity index (χ0n) is 63.8. The van der Waals surface area contributed by atoms with E-state index >= 15 is 0 Å². The monoisotopic (exact) mass is 1630 g/mol. The van der Waals surface area contributed by atoms with Gasteiger partial charge >= 0.3 is 0 Å². The molecule has 1 saturated carbocycles. The van der Waals surface area contributed by atoms with E-state index in [1.807, 2.05) is 97.7 Å². The summed E-state index contributed by atoms with van der Waals surface area (Å²) in [6.07, 6.45) is 22.5. The average Bonchev–Trinajstić information content (AvgIpc) is 1.42. The van der Waals surface area contributed by atoms with Crippen molar-refractivity contribution < 1.29 is 31.2 Å². The lowest BCUT2D eigenvalue weighted by Crippen LogP contribution is -2.39.